The number of nitrogens with one attached hydrogen (secondary N) is 1. The van der Waals surface area contributed by atoms with Gasteiger partial charge in [0.25, 0.3) is 10.0 Å². The number of para-hydroxylation sites is 1. The zero-order chi connectivity index (χ0) is 23.0. The molecule has 4 rings (SSSR count). The number of hydrogen-bond donors (Lipinski definition) is 1. The first kappa shape index (κ1) is 21.8. The first-order chi connectivity index (χ1) is 15.2. The average Bonchev–Trinajstić information content (AvgIpc) is 3.10. The third-order valence-electron chi connectivity index (χ3n) is 5.88. The summed E-state index contributed by atoms with van der Waals surface area (Å²) >= 11 is 0. The van der Waals surface area contributed by atoms with Gasteiger partial charge in [-0.3, -0.25) is 4.31 Å². The van der Waals surface area contributed by atoms with E-state index in [0.29, 0.717) is 23.0 Å². The molecule has 0 bridgehead atoms. The number of aryl methyl sites for hydroxylation is 5. The quantitative estimate of drug-likeness (QED) is 0.489. The van der Waals surface area contributed by atoms with Crippen molar-refractivity contribution in [3.63, 3.8) is 0 Å². The van der Waals surface area contributed by atoms with Gasteiger partial charge in [-0.15, -0.1) is 0 Å². The van der Waals surface area contributed by atoms with Crippen LogP contribution in [0.4, 0.5) is 5.69 Å². The van der Waals surface area contributed by atoms with E-state index in [-0.39, 0.29) is 4.90 Å². The molecule has 7 nitrogen and oxygen atoms in total. The van der Waals surface area contributed by atoms with Crippen LogP contribution in [0.1, 0.15) is 17.1 Å². The SMILES string of the molecule is Cc1cn(CCc2nc3cc(S(=O)(=O)N(C)c4ccccc4)ccc3n2C)c(C)cc1=N. The van der Waals surface area contributed by atoms with Crippen LogP contribution in [-0.4, -0.2) is 29.6 Å². The maximum atomic E-state index is 13.1. The monoisotopic (exact) mass is 449 g/mol. The number of fused-ring (bicyclic) bond motifs is 1. The Morgan fingerprint density at radius 2 is 1.78 bits per heavy atom. The largest absolute Gasteiger partial charge is 0.351 e. The molecule has 0 unspecified atom stereocenters. The normalized spacial score (nSPS) is 11.8. The maximum absolute atomic E-state index is 13.1. The molecule has 0 spiro atoms. The predicted octanol–water partition coefficient (Wildman–Crippen LogP) is 3.54. The molecule has 0 amide bonds. The van der Waals surface area contributed by atoms with Crippen LogP contribution in [0.15, 0.2) is 65.7 Å². The Kier molecular flexibility index (Phi) is 5.64. The summed E-state index contributed by atoms with van der Waals surface area (Å²) in [4.78, 5) is 4.95. The Labute approximate surface area is 188 Å². The molecule has 4 aromatic rings. The molecule has 8 heteroatoms. The van der Waals surface area contributed by atoms with E-state index in [2.05, 4.69) is 4.57 Å². The maximum Gasteiger partial charge on any atom is 0.264 e. The number of nitrogens with zero attached hydrogens (tertiary/aromatic N) is 4. The lowest BCUT2D eigenvalue weighted by Crippen LogP contribution is -2.26. The zero-order valence-corrected chi connectivity index (χ0v) is 19.5. The van der Waals surface area contributed by atoms with Crippen LogP contribution >= 0.6 is 0 Å². The van der Waals surface area contributed by atoms with Crippen LogP contribution in [0, 0.1) is 19.3 Å². The highest BCUT2D eigenvalue weighted by molar-refractivity contribution is 7.92. The van der Waals surface area contributed by atoms with E-state index in [9.17, 15) is 8.42 Å². The molecule has 0 saturated carbocycles. The summed E-state index contributed by atoms with van der Waals surface area (Å²) in [5.74, 6) is 0.880. The standard InChI is InChI=1S/C24H27N5O2S/c1-17-16-29(18(2)14-21(17)25)13-12-24-26-22-15-20(10-11-23(22)27(24)3)32(30,31)28(4)19-8-6-5-7-9-19/h5-11,14-16,25H,12-13H2,1-4H3. The van der Waals surface area contributed by atoms with Gasteiger partial charge in [-0.25, -0.2) is 13.4 Å². The molecule has 2 heterocycles. The van der Waals surface area contributed by atoms with Crippen molar-refractivity contribution in [3.05, 3.63) is 83.2 Å². The highest BCUT2D eigenvalue weighted by atomic mass is 32.2. The second kappa shape index (κ2) is 8.27. The molecule has 0 fully saturated rings. The lowest BCUT2D eigenvalue weighted by molar-refractivity contribution is 0.594. The molecule has 166 valence electrons. The highest BCUT2D eigenvalue weighted by Gasteiger charge is 2.22. The smallest absolute Gasteiger partial charge is 0.264 e. The molecule has 0 aliphatic carbocycles. The third kappa shape index (κ3) is 3.93. The first-order valence-corrected chi connectivity index (χ1v) is 11.8. The van der Waals surface area contributed by atoms with Gasteiger partial charge >= 0.3 is 0 Å². The predicted molar refractivity (Wildman–Crippen MR) is 126 cm³/mol. The Morgan fingerprint density at radius 3 is 2.50 bits per heavy atom. The first-order valence-electron chi connectivity index (χ1n) is 10.4. The Morgan fingerprint density at radius 1 is 1.06 bits per heavy atom. The molecule has 0 atom stereocenters. The van der Waals surface area contributed by atoms with E-state index in [1.807, 2.05) is 62.0 Å². The van der Waals surface area contributed by atoms with Gasteiger partial charge < -0.3 is 14.5 Å². The van der Waals surface area contributed by atoms with Gasteiger partial charge in [-0.1, -0.05) is 18.2 Å². The number of anilines is 1. The minimum atomic E-state index is -3.69. The van der Waals surface area contributed by atoms with Crippen molar-refractivity contribution in [3.8, 4) is 0 Å². The Bertz CT molecular complexity index is 1450. The summed E-state index contributed by atoms with van der Waals surface area (Å²) in [6.45, 7) is 4.65. The van der Waals surface area contributed by atoms with Crippen LogP contribution in [0.3, 0.4) is 0 Å². The van der Waals surface area contributed by atoms with Crippen molar-refractivity contribution in [2.45, 2.75) is 31.7 Å². The van der Waals surface area contributed by atoms with Crippen molar-refractivity contribution in [2.75, 3.05) is 11.4 Å². The fraction of sp³-hybridized carbons (Fsp3) is 0.250. The van der Waals surface area contributed by atoms with E-state index in [1.54, 1.807) is 31.3 Å². The minimum Gasteiger partial charge on any atom is -0.351 e. The summed E-state index contributed by atoms with van der Waals surface area (Å²) in [6.07, 6.45) is 2.68. The van der Waals surface area contributed by atoms with Crippen molar-refractivity contribution in [1.29, 1.82) is 5.41 Å². The van der Waals surface area contributed by atoms with Gasteiger partial charge in [0.2, 0.25) is 0 Å². The van der Waals surface area contributed by atoms with Crippen molar-refractivity contribution in [1.82, 2.24) is 14.1 Å². The van der Waals surface area contributed by atoms with Crippen molar-refractivity contribution in [2.24, 2.45) is 7.05 Å². The van der Waals surface area contributed by atoms with Crippen LogP contribution in [-0.2, 0) is 30.0 Å². The fourth-order valence-electron chi connectivity index (χ4n) is 3.82. The third-order valence-corrected chi connectivity index (χ3v) is 7.66. The number of rotatable bonds is 6. The van der Waals surface area contributed by atoms with Crippen molar-refractivity contribution >= 4 is 26.7 Å². The number of imidazole rings is 1. The van der Waals surface area contributed by atoms with Gasteiger partial charge in [-0.2, -0.15) is 0 Å². The zero-order valence-electron chi connectivity index (χ0n) is 18.7. The summed E-state index contributed by atoms with van der Waals surface area (Å²) in [7, 11) is -0.188. The van der Waals surface area contributed by atoms with Gasteiger partial charge in [0.15, 0.2) is 0 Å². The highest BCUT2D eigenvalue weighted by Crippen LogP contribution is 2.25. The number of benzene rings is 2. The van der Waals surface area contributed by atoms with E-state index >= 15 is 0 Å². The summed E-state index contributed by atoms with van der Waals surface area (Å²) in [5.41, 5.74) is 4.11. The van der Waals surface area contributed by atoms with E-state index in [1.165, 1.54) is 4.31 Å². The van der Waals surface area contributed by atoms with Gasteiger partial charge in [0, 0.05) is 39.0 Å². The van der Waals surface area contributed by atoms with E-state index < -0.39 is 10.0 Å². The molecule has 0 aliphatic rings. The average molecular weight is 450 g/mol. The fourth-order valence-corrected chi connectivity index (χ4v) is 5.04. The van der Waals surface area contributed by atoms with Gasteiger partial charge in [-0.05, 0) is 55.8 Å². The molecule has 2 aromatic carbocycles. The number of hydrogen-bond acceptors (Lipinski definition) is 4. The molecular weight excluding hydrogens is 422 g/mol. The molecule has 0 saturated heterocycles. The molecular formula is C24H27N5O2S. The van der Waals surface area contributed by atoms with Crippen LogP contribution in [0.25, 0.3) is 11.0 Å². The summed E-state index contributed by atoms with van der Waals surface area (Å²) in [5, 5.41) is 8.47. The van der Waals surface area contributed by atoms with Crippen molar-refractivity contribution < 1.29 is 8.42 Å². The summed E-state index contributed by atoms with van der Waals surface area (Å²) < 4.78 is 31.7. The Hall–Kier alpha value is -3.39. The van der Waals surface area contributed by atoms with E-state index in [0.717, 1.165) is 29.1 Å². The molecule has 2 aromatic heterocycles. The van der Waals surface area contributed by atoms with E-state index in [4.69, 9.17) is 10.4 Å². The number of aromatic nitrogens is 3. The Balaban J connectivity index is 1.64. The second-order valence-electron chi connectivity index (χ2n) is 8.00. The lowest BCUT2D eigenvalue weighted by Gasteiger charge is -2.19. The molecule has 0 aliphatic heterocycles. The van der Waals surface area contributed by atoms with Crippen LogP contribution in [0.2, 0.25) is 0 Å². The van der Waals surface area contributed by atoms with Crippen LogP contribution in [0.5, 0.6) is 0 Å². The summed E-state index contributed by atoms with van der Waals surface area (Å²) in [6, 6.07) is 16.0. The topological polar surface area (TPSA) is 84.0 Å². The number of pyridine rings is 1. The van der Waals surface area contributed by atoms with Crippen LogP contribution < -0.4 is 9.66 Å². The molecule has 32 heavy (non-hydrogen) atoms. The van der Waals surface area contributed by atoms with Gasteiger partial charge in [0.05, 0.1) is 27.0 Å². The minimum absolute atomic E-state index is 0.216. The molecule has 0 radical (unpaired) electrons. The molecule has 1 N–H and O–H groups in total. The second-order valence-corrected chi connectivity index (χ2v) is 9.97. The van der Waals surface area contributed by atoms with Gasteiger partial charge in [0.1, 0.15) is 5.82 Å². The number of sulfonamides is 1. The lowest BCUT2D eigenvalue weighted by atomic mass is 10.2.